The number of hydrogen-bond donors (Lipinski definition) is 1. The Balaban J connectivity index is 1.28. The Morgan fingerprint density at radius 3 is 2.93 bits per heavy atom. The average molecular weight is 410 g/mol. The molecule has 2 amide bonds. The Bertz CT molecular complexity index is 1120. The van der Waals surface area contributed by atoms with Gasteiger partial charge in [0, 0.05) is 5.56 Å². The van der Waals surface area contributed by atoms with Gasteiger partial charge >= 0.3 is 0 Å². The molecule has 0 aliphatic carbocycles. The minimum Gasteiger partial charge on any atom is -0.454 e. The molecule has 0 unspecified atom stereocenters. The fourth-order valence-corrected chi connectivity index (χ4v) is 3.71. The molecule has 3 heterocycles. The van der Waals surface area contributed by atoms with Gasteiger partial charge in [-0.05, 0) is 30.3 Å². The lowest BCUT2D eigenvalue weighted by Crippen LogP contribution is -2.43. The van der Waals surface area contributed by atoms with Gasteiger partial charge < -0.3 is 24.1 Å². The van der Waals surface area contributed by atoms with E-state index in [1.807, 2.05) is 6.07 Å². The van der Waals surface area contributed by atoms with Gasteiger partial charge in [-0.2, -0.15) is 0 Å². The third-order valence-corrected chi connectivity index (χ3v) is 5.22. The highest BCUT2D eigenvalue weighted by Crippen LogP contribution is 2.36. The second-order valence-electron chi connectivity index (χ2n) is 6.28. The number of amides is 2. The fraction of sp³-hybridized carbons (Fsp3) is 0.158. The van der Waals surface area contributed by atoms with Crippen molar-refractivity contribution in [2.75, 3.05) is 29.3 Å². The van der Waals surface area contributed by atoms with Gasteiger partial charge in [-0.15, -0.1) is 10.2 Å². The normalized spacial score (nSPS) is 14.5. The van der Waals surface area contributed by atoms with Crippen molar-refractivity contribution >= 4 is 35.0 Å². The van der Waals surface area contributed by atoms with Crippen LogP contribution in [0.15, 0.2) is 52.1 Å². The first kappa shape index (κ1) is 17.6. The van der Waals surface area contributed by atoms with E-state index >= 15 is 0 Å². The van der Waals surface area contributed by atoms with E-state index in [1.165, 1.54) is 4.90 Å². The summed E-state index contributed by atoms with van der Waals surface area (Å²) in [6.07, 6.45) is 0. The van der Waals surface area contributed by atoms with Crippen molar-refractivity contribution in [2.24, 2.45) is 0 Å². The van der Waals surface area contributed by atoms with Crippen LogP contribution in [0.1, 0.15) is 0 Å². The molecule has 1 aromatic heterocycles. The number of nitrogens with one attached hydrogen (secondary N) is 1. The molecule has 1 N–H and O–H groups in total. The summed E-state index contributed by atoms with van der Waals surface area (Å²) >= 11 is 1.12. The lowest BCUT2D eigenvalue weighted by molar-refractivity contribution is -0.120. The quantitative estimate of drug-likeness (QED) is 0.654. The molecule has 0 saturated carbocycles. The Morgan fingerprint density at radius 2 is 2.00 bits per heavy atom. The number of benzene rings is 2. The molecule has 10 heteroatoms. The summed E-state index contributed by atoms with van der Waals surface area (Å²) in [5.74, 6) is 1.21. The SMILES string of the molecule is O=C1CN(C(=O)CSc2nnc(-c3ccc4c(c3)OCO4)o2)c2ccccc2N1. The molecule has 0 saturated heterocycles. The number of ether oxygens (including phenoxy) is 2. The highest BCUT2D eigenvalue weighted by atomic mass is 32.2. The second-order valence-corrected chi connectivity index (χ2v) is 7.20. The molecule has 2 aliphatic heterocycles. The molecule has 5 rings (SSSR count). The van der Waals surface area contributed by atoms with Gasteiger partial charge in [-0.3, -0.25) is 9.59 Å². The molecule has 2 aromatic carbocycles. The van der Waals surface area contributed by atoms with Crippen LogP contribution in [0.4, 0.5) is 11.4 Å². The molecule has 3 aromatic rings. The van der Waals surface area contributed by atoms with E-state index < -0.39 is 0 Å². The smallest absolute Gasteiger partial charge is 0.277 e. The van der Waals surface area contributed by atoms with E-state index in [1.54, 1.807) is 36.4 Å². The lowest BCUT2D eigenvalue weighted by atomic mass is 10.2. The summed E-state index contributed by atoms with van der Waals surface area (Å²) in [7, 11) is 0. The first-order valence-electron chi connectivity index (χ1n) is 8.73. The fourth-order valence-electron chi connectivity index (χ4n) is 3.07. The third kappa shape index (κ3) is 3.38. The predicted octanol–water partition coefficient (Wildman–Crippen LogP) is 2.54. The molecule has 0 bridgehead atoms. The summed E-state index contributed by atoms with van der Waals surface area (Å²) < 4.78 is 16.3. The molecule has 0 atom stereocenters. The van der Waals surface area contributed by atoms with Crippen molar-refractivity contribution in [3.05, 3.63) is 42.5 Å². The molecular weight excluding hydrogens is 396 g/mol. The van der Waals surface area contributed by atoms with Gasteiger partial charge in [0.25, 0.3) is 5.22 Å². The van der Waals surface area contributed by atoms with E-state index in [4.69, 9.17) is 13.9 Å². The maximum Gasteiger partial charge on any atom is 0.277 e. The van der Waals surface area contributed by atoms with Gasteiger partial charge in [0.05, 0.1) is 17.1 Å². The maximum atomic E-state index is 12.7. The summed E-state index contributed by atoms with van der Waals surface area (Å²) in [5, 5.41) is 11.0. The monoisotopic (exact) mass is 410 g/mol. The number of hydrogen-bond acceptors (Lipinski definition) is 8. The van der Waals surface area contributed by atoms with Gasteiger partial charge in [0.15, 0.2) is 11.5 Å². The van der Waals surface area contributed by atoms with E-state index in [9.17, 15) is 9.59 Å². The number of aromatic nitrogens is 2. The zero-order chi connectivity index (χ0) is 19.8. The van der Waals surface area contributed by atoms with E-state index in [0.717, 1.165) is 11.8 Å². The van der Waals surface area contributed by atoms with Crippen LogP contribution in [-0.4, -0.2) is 41.1 Å². The Labute approximate surface area is 169 Å². The van der Waals surface area contributed by atoms with Crippen molar-refractivity contribution in [2.45, 2.75) is 5.22 Å². The Kier molecular flexibility index (Phi) is 4.32. The molecule has 146 valence electrons. The predicted molar refractivity (Wildman–Crippen MR) is 104 cm³/mol. The van der Waals surface area contributed by atoms with Crippen LogP contribution in [0.2, 0.25) is 0 Å². The van der Waals surface area contributed by atoms with Crippen LogP contribution < -0.4 is 19.7 Å². The zero-order valence-electron chi connectivity index (χ0n) is 15.0. The molecule has 9 nitrogen and oxygen atoms in total. The molecule has 29 heavy (non-hydrogen) atoms. The summed E-state index contributed by atoms with van der Waals surface area (Å²) in [6, 6.07) is 12.5. The average Bonchev–Trinajstić information content (AvgIpc) is 3.40. The van der Waals surface area contributed by atoms with Crippen LogP contribution in [0.5, 0.6) is 11.5 Å². The summed E-state index contributed by atoms with van der Waals surface area (Å²) in [5.41, 5.74) is 1.98. The lowest BCUT2D eigenvalue weighted by Gasteiger charge is -2.28. The number of anilines is 2. The number of carbonyl (C=O) groups is 2. The first-order valence-corrected chi connectivity index (χ1v) is 9.71. The minimum atomic E-state index is -0.232. The third-order valence-electron chi connectivity index (χ3n) is 4.42. The van der Waals surface area contributed by atoms with Gasteiger partial charge in [0.2, 0.25) is 24.5 Å². The Morgan fingerprint density at radius 1 is 1.14 bits per heavy atom. The van der Waals surface area contributed by atoms with E-state index in [0.29, 0.717) is 34.3 Å². The second kappa shape index (κ2) is 7.13. The Hall–Kier alpha value is -3.53. The van der Waals surface area contributed by atoms with Crippen molar-refractivity contribution < 1.29 is 23.5 Å². The highest BCUT2D eigenvalue weighted by molar-refractivity contribution is 7.99. The molecular formula is C19H14N4O5S. The molecule has 0 spiro atoms. The standard InChI is InChI=1S/C19H14N4O5S/c24-16-8-23(13-4-2-1-3-12(13)20-16)17(25)9-29-19-22-21-18(28-19)11-5-6-14-15(7-11)27-10-26-14/h1-7H,8-10H2,(H,20,24). The van der Waals surface area contributed by atoms with Crippen molar-refractivity contribution in [3.63, 3.8) is 0 Å². The number of carbonyl (C=O) groups excluding carboxylic acids is 2. The number of fused-ring (bicyclic) bond motifs is 2. The number of rotatable bonds is 4. The van der Waals surface area contributed by atoms with Crippen molar-refractivity contribution in [3.8, 4) is 23.0 Å². The van der Waals surface area contributed by atoms with Gasteiger partial charge in [-0.1, -0.05) is 23.9 Å². The largest absolute Gasteiger partial charge is 0.454 e. The maximum absolute atomic E-state index is 12.7. The van der Waals surface area contributed by atoms with Crippen molar-refractivity contribution in [1.29, 1.82) is 0 Å². The first-order chi connectivity index (χ1) is 14.2. The van der Waals surface area contributed by atoms with Gasteiger partial charge in [-0.25, -0.2) is 0 Å². The summed E-state index contributed by atoms with van der Waals surface area (Å²) in [4.78, 5) is 26.0. The van der Waals surface area contributed by atoms with Crippen LogP contribution in [0.3, 0.4) is 0 Å². The topological polar surface area (TPSA) is 107 Å². The summed E-state index contributed by atoms with van der Waals surface area (Å²) in [6.45, 7) is 0.159. The molecule has 0 radical (unpaired) electrons. The number of nitrogens with zero attached hydrogens (tertiary/aromatic N) is 3. The van der Waals surface area contributed by atoms with Crippen LogP contribution in [0, 0.1) is 0 Å². The molecule has 0 fully saturated rings. The van der Waals surface area contributed by atoms with E-state index in [-0.39, 0.29) is 36.1 Å². The van der Waals surface area contributed by atoms with Crippen molar-refractivity contribution in [1.82, 2.24) is 10.2 Å². The van der Waals surface area contributed by atoms with E-state index in [2.05, 4.69) is 15.5 Å². The van der Waals surface area contributed by atoms with Crippen LogP contribution >= 0.6 is 11.8 Å². The molecule has 2 aliphatic rings. The highest BCUT2D eigenvalue weighted by Gasteiger charge is 2.27. The van der Waals surface area contributed by atoms with Crippen LogP contribution in [0.25, 0.3) is 11.5 Å². The number of para-hydroxylation sites is 2. The number of thioether (sulfide) groups is 1. The van der Waals surface area contributed by atoms with Crippen LogP contribution in [-0.2, 0) is 9.59 Å². The minimum absolute atomic E-state index is 0.0251. The zero-order valence-corrected chi connectivity index (χ0v) is 15.8. The van der Waals surface area contributed by atoms with Gasteiger partial charge in [0.1, 0.15) is 6.54 Å².